The lowest BCUT2D eigenvalue weighted by Gasteiger charge is -2.24. The second-order valence-corrected chi connectivity index (χ2v) is 5.76. The van der Waals surface area contributed by atoms with Crippen molar-refractivity contribution in [3.8, 4) is 0 Å². The van der Waals surface area contributed by atoms with E-state index in [0.717, 1.165) is 5.92 Å². The summed E-state index contributed by atoms with van der Waals surface area (Å²) in [6.45, 7) is 9.05. The zero-order chi connectivity index (χ0) is 12.4. The van der Waals surface area contributed by atoms with Crippen LogP contribution in [0.1, 0.15) is 55.8 Å². The van der Waals surface area contributed by atoms with Gasteiger partial charge in [0.2, 0.25) is 0 Å². The molecule has 1 heteroatoms. The molecule has 3 atom stereocenters. The van der Waals surface area contributed by atoms with Gasteiger partial charge in [-0.3, -0.25) is 0 Å². The molecule has 1 nitrogen and oxygen atoms in total. The molecule has 0 heterocycles. The molecule has 1 aromatic carbocycles. The van der Waals surface area contributed by atoms with Crippen LogP contribution in [-0.2, 0) is 0 Å². The van der Waals surface area contributed by atoms with Crippen LogP contribution in [-0.4, -0.2) is 6.04 Å². The van der Waals surface area contributed by atoms with Crippen molar-refractivity contribution in [1.29, 1.82) is 0 Å². The molecule has 94 valence electrons. The number of rotatable bonds is 3. The van der Waals surface area contributed by atoms with Crippen LogP contribution in [0.5, 0.6) is 0 Å². The summed E-state index contributed by atoms with van der Waals surface area (Å²) in [6.07, 6.45) is 4.12. The minimum atomic E-state index is 0.473. The van der Waals surface area contributed by atoms with Gasteiger partial charge in [0.15, 0.2) is 0 Å². The molecule has 1 saturated carbocycles. The molecule has 1 N–H and O–H groups in total. The van der Waals surface area contributed by atoms with Crippen LogP contribution in [0.3, 0.4) is 0 Å². The highest BCUT2D eigenvalue weighted by Crippen LogP contribution is 2.28. The van der Waals surface area contributed by atoms with Gasteiger partial charge in [-0.15, -0.1) is 0 Å². The first-order valence-electron chi connectivity index (χ1n) is 6.91. The highest BCUT2D eigenvalue weighted by Gasteiger charge is 2.24. The molecule has 1 fully saturated rings. The van der Waals surface area contributed by atoms with E-state index in [0.29, 0.717) is 12.1 Å². The van der Waals surface area contributed by atoms with Gasteiger partial charge in [0, 0.05) is 12.1 Å². The Balaban J connectivity index is 2.06. The molecule has 3 unspecified atom stereocenters. The summed E-state index contributed by atoms with van der Waals surface area (Å²) in [4.78, 5) is 0. The van der Waals surface area contributed by atoms with E-state index in [1.165, 1.54) is 36.0 Å². The maximum atomic E-state index is 3.81. The van der Waals surface area contributed by atoms with Crippen molar-refractivity contribution in [2.45, 2.75) is 59.0 Å². The largest absolute Gasteiger partial charge is 0.307 e. The number of benzene rings is 1. The maximum absolute atomic E-state index is 3.81. The first-order valence-corrected chi connectivity index (χ1v) is 6.91. The molecule has 1 aliphatic carbocycles. The fourth-order valence-electron chi connectivity index (χ4n) is 3.12. The molecule has 0 saturated heterocycles. The predicted molar refractivity (Wildman–Crippen MR) is 74.3 cm³/mol. The Hall–Kier alpha value is -0.820. The van der Waals surface area contributed by atoms with E-state index in [9.17, 15) is 0 Å². The molecule has 0 spiro atoms. The third kappa shape index (κ3) is 2.90. The Morgan fingerprint density at radius 2 is 2.00 bits per heavy atom. The summed E-state index contributed by atoms with van der Waals surface area (Å²) in [7, 11) is 0. The van der Waals surface area contributed by atoms with Gasteiger partial charge >= 0.3 is 0 Å². The van der Waals surface area contributed by atoms with Gasteiger partial charge in [-0.1, -0.05) is 37.1 Å². The average Bonchev–Trinajstić information content (AvgIpc) is 2.64. The molecule has 1 aliphatic rings. The summed E-state index contributed by atoms with van der Waals surface area (Å²) < 4.78 is 0. The topological polar surface area (TPSA) is 12.0 Å². The summed E-state index contributed by atoms with van der Waals surface area (Å²) in [5, 5.41) is 3.81. The molecule has 0 radical (unpaired) electrons. The second-order valence-electron chi connectivity index (χ2n) is 5.76. The van der Waals surface area contributed by atoms with Gasteiger partial charge in [-0.25, -0.2) is 0 Å². The Morgan fingerprint density at radius 3 is 2.59 bits per heavy atom. The van der Waals surface area contributed by atoms with Crippen LogP contribution >= 0.6 is 0 Å². The summed E-state index contributed by atoms with van der Waals surface area (Å²) >= 11 is 0. The number of nitrogens with one attached hydrogen (secondary N) is 1. The molecule has 0 aromatic heterocycles. The first-order chi connectivity index (χ1) is 8.08. The molecular formula is C16H25N. The maximum Gasteiger partial charge on any atom is 0.0297 e. The Kier molecular flexibility index (Phi) is 3.88. The van der Waals surface area contributed by atoms with Gasteiger partial charge in [0.1, 0.15) is 0 Å². The van der Waals surface area contributed by atoms with Gasteiger partial charge in [0.05, 0.1) is 0 Å². The first kappa shape index (κ1) is 12.6. The molecule has 0 bridgehead atoms. The molecule has 0 amide bonds. The Bertz CT molecular complexity index is 383. The lowest BCUT2D eigenvalue weighted by atomic mass is 9.98. The Morgan fingerprint density at radius 1 is 1.24 bits per heavy atom. The molecule has 2 rings (SSSR count). The zero-order valence-electron chi connectivity index (χ0n) is 11.6. The van der Waals surface area contributed by atoms with Gasteiger partial charge in [-0.2, -0.15) is 0 Å². The van der Waals surface area contributed by atoms with E-state index in [1.807, 2.05) is 0 Å². The normalized spacial score (nSPS) is 26.1. The number of hydrogen-bond donors (Lipinski definition) is 1. The van der Waals surface area contributed by atoms with Gasteiger partial charge < -0.3 is 5.32 Å². The van der Waals surface area contributed by atoms with E-state index in [2.05, 4.69) is 51.2 Å². The smallest absolute Gasteiger partial charge is 0.0297 e. The third-order valence-electron chi connectivity index (χ3n) is 4.22. The Labute approximate surface area is 106 Å². The fourth-order valence-corrected chi connectivity index (χ4v) is 3.12. The summed E-state index contributed by atoms with van der Waals surface area (Å²) in [5.74, 6) is 0.836. The minimum Gasteiger partial charge on any atom is -0.307 e. The highest BCUT2D eigenvalue weighted by atomic mass is 15.0. The van der Waals surface area contributed by atoms with Crippen molar-refractivity contribution in [3.05, 3.63) is 34.9 Å². The molecule has 0 aliphatic heterocycles. The quantitative estimate of drug-likeness (QED) is 0.824. The van der Waals surface area contributed by atoms with Crippen LogP contribution in [0, 0.1) is 19.8 Å². The standard InChI is InChI=1S/C16H25N/c1-11-8-9-15(13(3)10-11)14(4)17-16-7-5-6-12(16)2/h8-10,12,14,16-17H,5-7H2,1-4H3. The van der Waals surface area contributed by atoms with Crippen LogP contribution in [0.25, 0.3) is 0 Å². The van der Waals surface area contributed by atoms with Crippen LogP contribution in [0.2, 0.25) is 0 Å². The third-order valence-corrected chi connectivity index (χ3v) is 4.22. The SMILES string of the molecule is Cc1ccc(C(C)NC2CCCC2C)c(C)c1. The van der Waals surface area contributed by atoms with Crippen molar-refractivity contribution >= 4 is 0 Å². The van der Waals surface area contributed by atoms with E-state index >= 15 is 0 Å². The second kappa shape index (κ2) is 5.22. The monoisotopic (exact) mass is 231 g/mol. The minimum absolute atomic E-state index is 0.473. The van der Waals surface area contributed by atoms with Gasteiger partial charge in [0.25, 0.3) is 0 Å². The lowest BCUT2D eigenvalue weighted by Crippen LogP contribution is -2.33. The summed E-state index contributed by atoms with van der Waals surface area (Å²) in [6, 6.07) is 7.97. The van der Waals surface area contributed by atoms with E-state index in [1.54, 1.807) is 0 Å². The average molecular weight is 231 g/mol. The molecule has 1 aromatic rings. The predicted octanol–water partition coefficient (Wildman–Crippen LogP) is 4.14. The van der Waals surface area contributed by atoms with E-state index in [4.69, 9.17) is 0 Å². The van der Waals surface area contributed by atoms with Crippen LogP contribution in [0.15, 0.2) is 18.2 Å². The van der Waals surface area contributed by atoms with Crippen molar-refractivity contribution in [2.24, 2.45) is 5.92 Å². The number of hydrogen-bond acceptors (Lipinski definition) is 1. The van der Waals surface area contributed by atoms with Gasteiger partial charge in [-0.05, 0) is 50.7 Å². The zero-order valence-corrected chi connectivity index (χ0v) is 11.6. The van der Waals surface area contributed by atoms with Crippen LogP contribution < -0.4 is 5.32 Å². The van der Waals surface area contributed by atoms with E-state index in [-0.39, 0.29) is 0 Å². The van der Waals surface area contributed by atoms with Crippen LogP contribution in [0.4, 0.5) is 0 Å². The van der Waals surface area contributed by atoms with Crippen molar-refractivity contribution in [3.63, 3.8) is 0 Å². The summed E-state index contributed by atoms with van der Waals surface area (Å²) in [5.41, 5.74) is 4.22. The fraction of sp³-hybridized carbons (Fsp3) is 0.625. The number of aryl methyl sites for hydroxylation is 2. The van der Waals surface area contributed by atoms with E-state index < -0.39 is 0 Å². The highest BCUT2D eigenvalue weighted by molar-refractivity contribution is 5.32. The van der Waals surface area contributed by atoms with Crippen molar-refractivity contribution in [2.75, 3.05) is 0 Å². The molecular weight excluding hydrogens is 206 g/mol. The lowest BCUT2D eigenvalue weighted by molar-refractivity contribution is 0.388. The molecule has 17 heavy (non-hydrogen) atoms. The van der Waals surface area contributed by atoms with Crippen molar-refractivity contribution < 1.29 is 0 Å². The van der Waals surface area contributed by atoms with Crippen molar-refractivity contribution in [1.82, 2.24) is 5.32 Å².